The summed E-state index contributed by atoms with van der Waals surface area (Å²) in [6.45, 7) is 8.50. The molecular formula is C16H29NO2. The summed E-state index contributed by atoms with van der Waals surface area (Å²) in [7, 11) is 0. The summed E-state index contributed by atoms with van der Waals surface area (Å²) in [5, 5.41) is 9.04. The average molecular weight is 267 g/mol. The summed E-state index contributed by atoms with van der Waals surface area (Å²) in [4.78, 5) is 13.5. The highest BCUT2D eigenvalue weighted by molar-refractivity contribution is 5.70. The Morgan fingerprint density at radius 2 is 1.95 bits per heavy atom. The number of likely N-dealkylation sites (tertiary alicyclic amines) is 1. The summed E-state index contributed by atoms with van der Waals surface area (Å²) < 4.78 is 0. The average Bonchev–Trinajstić information content (AvgIpc) is 2.26. The number of carboxylic acid groups (broad SMARTS) is 1. The SMILES string of the molecule is CC(C)CC1CCCC(N2CC(C(C)C(=O)O)C2)C1. The summed E-state index contributed by atoms with van der Waals surface area (Å²) in [5.41, 5.74) is 0. The molecule has 3 unspecified atom stereocenters. The second-order valence-electron chi connectivity index (χ2n) is 7.16. The van der Waals surface area contributed by atoms with Crippen molar-refractivity contribution < 1.29 is 9.90 Å². The fraction of sp³-hybridized carbons (Fsp3) is 0.938. The molecule has 2 aliphatic rings. The van der Waals surface area contributed by atoms with Crippen LogP contribution in [0.5, 0.6) is 0 Å². The summed E-state index contributed by atoms with van der Waals surface area (Å²) in [5.74, 6) is 1.27. The van der Waals surface area contributed by atoms with Gasteiger partial charge in [-0.2, -0.15) is 0 Å². The zero-order valence-electron chi connectivity index (χ0n) is 12.6. The molecule has 0 aromatic heterocycles. The normalized spacial score (nSPS) is 31.2. The molecule has 0 aromatic carbocycles. The van der Waals surface area contributed by atoms with Gasteiger partial charge in [-0.1, -0.05) is 33.6 Å². The van der Waals surface area contributed by atoms with E-state index in [4.69, 9.17) is 5.11 Å². The molecule has 0 spiro atoms. The van der Waals surface area contributed by atoms with Gasteiger partial charge in [-0.3, -0.25) is 9.69 Å². The van der Waals surface area contributed by atoms with Gasteiger partial charge in [0.2, 0.25) is 0 Å². The van der Waals surface area contributed by atoms with Crippen LogP contribution in [-0.2, 0) is 4.79 Å². The fourth-order valence-corrected chi connectivity index (χ4v) is 3.84. The van der Waals surface area contributed by atoms with Gasteiger partial charge in [0.15, 0.2) is 0 Å². The lowest BCUT2D eigenvalue weighted by Gasteiger charge is -2.48. The Hall–Kier alpha value is -0.570. The smallest absolute Gasteiger partial charge is 0.306 e. The first-order valence-corrected chi connectivity index (χ1v) is 7.94. The van der Waals surface area contributed by atoms with Gasteiger partial charge in [-0.25, -0.2) is 0 Å². The molecule has 110 valence electrons. The van der Waals surface area contributed by atoms with Crippen LogP contribution in [0.15, 0.2) is 0 Å². The fourth-order valence-electron chi connectivity index (χ4n) is 3.84. The van der Waals surface area contributed by atoms with Gasteiger partial charge in [0.25, 0.3) is 0 Å². The molecule has 1 aliphatic carbocycles. The van der Waals surface area contributed by atoms with E-state index in [0.29, 0.717) is 5.92 Å². The Morgan fingerprint density at radius 1 is 1.26 bits per heavy atom. The lowest BCUT2D eigenvalue weighted by molar-refractivity contribution is -0.146. The van der Waals surface area contributed by atoms with Crippen LogP contribution in [0.4, 0.5) is 0 Å². The van der Waals surface area contributed by atoms with Gasteiger partial charge in [-0.15, -0.1) is 0 Å². The Bertz CT molecular complexity index is 310. The molecule has 1 saturated carbocycles. The van der Waals surface area contributed by atoms with Crippen LogP contribution in [0.25, 0.3) is 0 Å². The third-order valence-electron chi connectivity index (χ3n) is 5.11. The molecule has 19 heavy (non-hydrogen) atoms. The van der Waals surface area contributed by atoms with Crippen molar-refractivity contribution in [3.05, 3.63) is 0 Å². The largest absolute Gasteiger partial charge is 0.481 e. The summed E-state index contributed by atoms with van der Waals surface area (Å²) in [6.07, 6.45) is 6.78. The first kappa shape index (κ1) is 14.8. The first-order valence-electron chi connectivity index (χ1n) is 7.94. The van der Waals surface area contributed by atoms with Gasteiger partial charge in [0, 0.05) is 19.1 Å². The van der Waals surface area contributed by atoms with Crippen LogP contribution in [0, 0.1) is 23.7 Å². The maximum Gasteiger partial charge on any atom is 0.306 e. The van der Waals surface area contributed by atoms with Crippen molar-refractivity contribution in [2.45, 2.75) is 58.9 Å². The molecule has 2 rings (SSSR count). The zero-order valence-corrected chi connectivity index (χ0v) is 12.6. The summed E-state index contributed by atoms with van der Waals surface area (Å²) >= 11 is 0. The number of nitrogens with zero attached hydrogens (tertiary/aromatic N) is 1. The van der Waals surface area contributed by atoms with Crippen LogP contribution in [0.3, 0.4) is 0 Å². The number of carboxylic acids is 1. The van der Waals surface area contributed by atoms with E-state index in [2.05, 4.69) is 18.7 Å². The van der Waals surface area contributed by atoms with Gasteiger partial charge in [0.05, 0.1) is 5.92 Å². The minimum absolute atomic E-state index is 0.175. The standard InChI is InChI=1S/C16H29NO2/c1-11(2)7-13-5-4-6-15(8-13)17-9-14(10-17)12(3)16(18)19/h11-15H,4-10H2,1-3H3,(H,18,19). The van der Waals surface area contributed by atoms with Gasteiger partial charge in [0.1, 0.15) is 0 Å². The third-order valence-corrected chi connectivity index (χ3v) is 5.11. The zero-order chi connectivity index (χ0) is 14.0. The van der Waals surface area contributed by atoms with Crippen LogP contribution in [-0.4, -0.2) is 35.1 Å². The van der Waals surface area contributed by atoms with Gasteiger partial charge < -0.3 is 5.11 Å². The Labute approximate surface area is 117 Å². The van der Waals surface area contributed by atoms with E-state index < -0.39 is 5.97 Å². The third kappa shape index (κ3) is 3.71. The maximum atomic E-state index is 11.0. The molecular weight excluding hydrogens is 238 g/mol. The van der Waals surface area contributed by atoms with E-state index in [-0.39, 0.29) is 5.92 Å². The lowest BCUT2D eigenvalue weighted by Crippen LogP contribution is -2.56. The Balaban J connectivity index is 1.76. The highest BCUT2D eigenvalue weighted by Crippen LogP contribution is 2.36. The van der Waals surface area contributed by atoms with Crippen molar-refractivity contribution in [1.82, 2.24) is 4.90 Å². The minimum atomic E-state index is -0.633. The Kier molecular flexibility index (Phi) is 4.88. The second kappa shape index (κ2) is 6.25. The van der Waals surface area contributed by atoms with E-state index in [1.165, 1.54) is 32.1 Å². The van der Waals surface area contributed by atoms with Gasteiger partial charge in [-0.05, 0) is 37.0 Å². The maximum absolute atomic E-state index is 11.0. The lowest BCUT2D eigenvalue weighted by atomic mass is 9.78. The van der Waals surface area contributed by atoms with Crippen molar-refractivity contribution >= 4 is 5.97 Å². The van der Waals surface area contributed by atoms with E-state index in [0.717, 1.165) is 31.0 Å². The summed E-state index contributed by atoms with van der Waals surface area (Å²) in [6, 6.07) is 0.731. The molecule has 2 fully saturated rings. The van der Waals surface area contributed by atoms with E-state index in [9.17, 15) is 4.79 Å². The van der Waals surface area contributed by atoms with Gasteiger partial charge >= 0.3 is 5.97 Å². The number of hydrogen-bond acceptors (Lipinski definition) is 2. The highest BCUT2D eigenvalue weighted by atomic mass is 16.4. The van der Waals surface area contributed by atoms with E-state index in [1.54, 1.807) is 0 Å². The molecule has 1 N–H and O–H groups in total. The van der Waals surface area contributed by atoms with E-state index in [1.807, 2.05) is 6.92 Å². The van der Waals surface area contributed by atoms with E-state index >= 15 is 0 Å². The molecule has 1 saturated heterocycles. The molecule has 0 bridgehead atoms. The molecule has 3 atom stereocenters. The predicted octanol–water partition coefficient (Wildman–Crippen LogP) is 3.24. The molecule has 0 aromatic rings. The molecule has 0 amide bonds. The molecule has 3 nitrogen and oxygen atoms in total. The topological polar surface area (TPSA) is 40.5 Å². The van der Waals surface area contributed by atoms with Crippen molar-refractivity contribution in [2.24, 2.45) is 23.7 Å². The first-order chi connectivity index (χ1) is 8.97. The predicted molar refractivity (Wildman–Crippen MR) is 77.1 cm³/mol. The molecule has 1 heterocycles. The minimum Gasteiger partial charge on any atom is -0.481 e. The molecule has 3 heteroatoms. The van der Waals surface area contributed by atoms with Crippen molar-refractivity contribution in [3.8, 4) is 0 Å². The quantitative estimate of drug-likeness (QED) is 0.831. The highest BCUT2D eigenvalue weighted by Gasteiger charge is 2.39. The van der Waals surface area contributed by atoms with Crippen LogP contribution >= 0.6 is 0 Å². The van der Waals surface area contributed by atoms with Crippen molar-refractivity contribution in [2.75, 3.05) is 13.1 Å². The molecule has 1 aliphatic heterocycles. The number of hydrogen-bond donors (Lipinski definition) is 1. The number of rotatable bonds is 5. The van der Waals surface area contributed by atoms with Crippen LogP contribution in [0.2, 0.25) is 0 Å². The van der Waals surface area contributed by atoms with Crippen molar-refractivity contribution in [1.29, 1.82) is 0 Å². The number of aliphatic carboxylic acids is 1. The molecule has 0 radical (unpaired) electrons. The Morgan fingerprint density at radius 3 is 2.53 bits per heavy atom. The monoisotopic (exact) mass is 267 g/mol. The number of carbonyl (C=O) groups is 1. The van der Waals surface area contributed by atoms with Crippen LogP contribution in [0.1, 0.15) is 52.9 Å². The second-order valence-corrected chi connectivity index (χ2v) is 7.16. The van der Waals surface area contributed by atoms with Crippen molar-refractivity contribution in [3.63, 3.8) is 0 Å². The van der Waals surface area contributed by atoms with Crippen LogP contribution < -0.4 is 0 Å².